The molecule has 2 fully saturated rings. The Bertz CT molecular complexity index is 481. The van der Waals surface area contributed by atoms with Gasteiger partial charge >= 0.3 is 0 Å². The third-order valence-electron chi connectivity index (χ3n) is 5.08. The fourth-order valence-corrected chi connectivity index (χ4v) is 3.91. The van der Waals surface area contributed by atoms with E-state index in [9.17, 15) is 4.79 Å². The average molecular weight is 303 g/mol. The molecule has 0 aliphatic heterocycles. The van der Waals surface area contributed by atoms with E-state index in [-0.39, 0.29) is 11.8 Å². The van der Waals surface area contributed by atoms with Crippen molar-refractivity contribution in [2.75, 3.05) is 18.4 Å². The van der Waals surface area contributed by atoms with Gasteiger partial charge in [-0.05, 0) is 37.5 Å². The number of aromatic nitrogens is 2. The lowest BCUT2D eigenvalue weighted by molar-refractivity contribution is -0.127. The van der Waals surface area contributed by atoms with Gasteiger partial charge in [-0.25, -0.2) is 4.98 Å². The first kappa shape index (κ1) is 15.2. The number of nitrogens with two attached hydrogens (primary N) is 1. The Hall–Kier alpha value is -1.69. The van der Waals surface area contributed by atoms with Crippen LogP contribution in [0.3, 0.4) is 0 Å². The van der Waals surface area contributed by atoms with E-state index in [2.05, 4.69) is 20.6 Å². The molecule has 2 saturated carbocycles. The van der Waals surface area contributed by atoms with Crippen LogP contribution in [0.1, 0.15) is 32.1 Å². The number of hydrogen-bond donors (Lipinski definition) is 3. The summed E-state index contributed by atoms with van der Waals surface area (Å²) in [6.07, 6.45) is 10.5. The fourth-order valence-electron chi connectivity index (χ4n) is 3.91. The molecule has 6 nitrogen and oxygen atoms in total. The monoisotopic (exact) mass is 303 g/mol. The van der Waals surface area contributed by atoms with E-state index < -0.39 is 0 Å². The van der Waals surface area contributed by atoms with Crippen molar-refractivity contribution >= 4 is 11.7 Å². The second-order valence-corrected chi connectivity index (χ2v) is 6.51. The van der Waals surface area contributed by atoms with Crippen LogP contribution >= 0.6 is 0 Å². The molecule has 2 unspecified atom stereocenters. The van der Waals surface area contributed by atoms with E-state index >= 15 is 0 Å². The molecule has 1 heterocycles. The SMILES string of the molecule is NC1C2CCCC1CC(C(=O)NCCNc1cnccn1)C2. The number of anilines is 1. The minimum absolute atomic E-state index is 0.145. The number of fused-ring (bicyclic) bond motifs is 2. The molecular formula is C16H25N5O. The van der Waals surface area contributed by atoms with Crippen LogP contribution in [0.15, 0.2) is 18.6 Å². The maximum atomic E-state index is 12.3. The Labute approximate surface area is 131 Å². The average Bonchev–Trinajstić information content (AvgIpc) is 2.52. The van der Waals surface area contributed by atoms with Crippen molar-refractivity contribution in [1.82, 2.24) is 15.3 Å². The molecule has 1 amide bonds. The summed E-state index contributed by atoms with van der Waals surface area (Å²) in [5, 5.41) is 6.18. The van der Waals surface area contributed by atoms with E-state index in [1.54, 1.807) is 18.6 Å². The molecule has 0 aromatic carbocycles. The number of rotatable bonds is 5. The number of carbonyl (C=O) groups excluding carboxylic acids is 1. The van der Waals surface area contributed by atoms with Crippen LogP contribution in [0, 0.1) is 17.8 Å². The Balaban J connectivity index is 1.41. The van der Waals surface area contributed by atoms with Crippen molar-refractivity contribution in [3.63, 3.8) is 0 Å². The van der Waals surface area contributed by atoms with Crippen molar-refractivity contribution in [2.24, 2.45) is 23.5 Å². The summed E-state index contributed by atoms with van der Waals surface area (Å²) in [4.78, 5) is 20.5. The number of nitrogens with zero attached hydrogens (tertiary/aromatic N) is 2. The molecule has 1 aromatic rings. The Kier molecular flexibility index (Phi) is 4.87. The Morgan fingerprint density at radius 2 is 2.00 bits per heavy atom. The topological polar surface area (TPSA) is 92.9 Å². The highest BCUT2D eigenvalue weighted by molar-refractivity contribution is 5.78. The van der Waals surface area contributed by atoms with Gasteiger partial charge in [0, 0.05) is 37.4 Å². The van der Waals surface area contributed by atoms with E-state index in [1.165, 1.54) is 19.3 Å². The minimum atomic E-state index is 0.145. The second kappa shape index (κ2) is 7.05. The summed E-state index contributed by atoms with van der Waals surface area (Å²) in [7, 11) is 0. The zero-order chi connectivity index (χ0) is 15.4. The number of amides is 1. The third-order valence-corrected chi connectivity index (χ3v) is 5.08. The van der Waals surface area contributed by atoms with Gasteiger partial charge in [0.1, 0.15) is 5.82 Å². The lowest BCUT2D eigenvalue weighted by Crippen LogP contribution is -2.49. The second-order valence-electron chi connectivity index (χ2n) is 6.51. The zero-order valence-electron chi connectivity index (χ0n) is 12.9. The van der Waals surface area contributed by atoms with Crippen molar-refractivity contribution in [2.45, 2.75) is 38.1 Å². The molecule has 0 saturated heterocycles. The zero-order valence-corrected chi connectivity index (χ0v) is 12.9. The molecular weight excluding hydrogens is 278 g/mol. The van der Waals surface area contributed by atoms with Crippen LogP contribution < -0.4 is 16.4 Å². The summed E-state index contributed by atoms with van der Waals surface area (Å²) in [5.41, 5.74) is 6.28. The molecule has 4 N–H and O–H groups in total. The Morgan fingerprint density at radius 3 is 2.68 bits per heavy atom. The summed E-state index contributed by atoms with van der Waals surface area (Å²) in [6.45, 7) is 1.26. The van der Waals surface area contributed by atoms with Crippen LogP contribution in [-0.4, -0.2) is 35.0 Å². The first-order valence-corrected chi connectivity index (χ1v) is 8.27. The van der Waals surface area contributed by atoms with E-state index in [0.717, 1.165) is 18.7 Å². The summed E-state index contributed by atoms with van der Waals surface area (Å²) >= 11 is 0. The highest BCUT2D eigenvalue weighted by atomic mass is 16.1. The van der Waals surface area contributed by atoms with Gasteiger partial charge in [-0.3, -0.25) is 9.78 Å². The molecule has 2 aliphatic carbocycles. The van der Waals surface area contributed by atoms with Gasteiger partial charge in [0.15, 0.2) is 0 Å². The van der Waals surface area contributed by atoms with Gasteiger partial charge in [-0.1, -0.05) is 6.42 Å². The van der Waals surface area contributed by atoms with Gasteiger partial charge in [0.25, 0.3) is 0 Å². The standard InChI is InChI=1S/C16H25N5O/c17-15-11-2-1-3-12(15)9-13(8-11)16(22)21-7-6-20-14-10-18-4-5-19-14/h4-5,10-13,15H,1-3,6-9,17H2,(H,19,20)(H,21,22). The summed E-state index contributed by atoms with van der Waals surface area (Å²) in [5.74, 6) is 2.15. The quantitative estimate of drug-likeness (QED) is 0.710. The molecule has 3 rings (SSSR count). The van der Waals surface area contributed by atoms with Gasteiger partial charge in [0.05, 0.1) is 6.20 Å². The molecule has 1 aromatic heterocycles. The summed E-state index contributed by atoms with van der Waals surface area (Å²) in [6, 6.07) is 0.316. The molecule has 2 aliphatic rings. The van der Waals surface area contributed by atoms with E-state index in [0.29, 0.717) is 31.0 Å². The predicted octanol–water partition coefficient (Wildman–Crippen LogP) is 1.16. The maximum absolute atomic E-state index is 12.3. The van der Waals surface area contributed by atoms with Gasteiger partial charge in [-0.15, -0.1) is 0 Å². The van der Waals surface area contributed by atoms with Crippen LogP contribution in [0.25, 0.3) is 0 Å². The molecule has 0 radical (unpaired) electrons. The van der Waals surface area contributed by atoms with E-state index in [1.807, 2.05) is 0 Å². The lowest BCUT2D eigenvalue weighted by Gasteiger charge is -2.43. The number of hydrogen-bond acceptors (Lipinski definition) is 5. The van der Waals surface area contributed by atoms with Crippen molar-refractivity contribution in [1.29, 1.82) is 0 Å². The van der Waals surface area contributed by atoms with Crippen LogP contribution in [0.5, 0.6) is 0 Å². The van der Waals surface area contributed by atoms with Crippen molar-refractivity contribution in [3.8, 4) is 0 Å². The minimum Gasteiger partial charge on any atom is -0.367 e. The molecule has 2 atom stereocenters. The van der Waals surface area contributed by atoms with Gasteiger partial charge in [0.2, 0.25) is 5.91 Å². The normalized spacial score (nSPS) is 30.6. The van der Waals surface area contributed by atoms with Gasteiger partial charge in [-0.2, -0.15) is 0 Å². The molecule has 2 bridgehead atoms. The maximum Gasteiger partial charge on any atom is 0.223 e. The van der Waals surface area contributed by atoms with Crippen LogP contribution in [0.2, 0.25) is 0 Å². The first-order chi connectivity index (χ1) is 10.7. The highest BCUT2D eigenvalue weighted by Gasteiger charge is 2.40. The molecule has 0 spiro atoms. The lowest BCUT2D eigenvalue weighted by atomic mass is 9.65. The Morgan fingerprint density at radius 1 is 1.23 bits per heavy atom. The molecule has 6 heteroatoms. The third kappa shape index (κ3) is 3.55. The molecule has 120 valence electrons. The number of carbonyl (C=O) groups is 1. The van der Waals surface area contributed by atoms with E-state index in [4.69, 9.17) is 5.73 Å². The number of nitrogens with one attached hydrogen (secondary N) is 2. The van der Waals surface area contributed by atoms with Crippen LogP contribution in [0.4, 0.5) is 5.82 Å². The largest absolute Gasteiger partial charge is 0.367 e. The smallest absolute Gasteiger partial charge is 0.223 e. The predicted molar refractivity (Wildman–Crippen MR) is 85.1 cm³/mol. The van der Waals surface area contributed by atoms with Crippen molar-refractivity contribution in [3.05, 3.63) is 18.6 Å². The van der Waals surface area contributed by atoms with Crippen molar-refractivity contribution < 1.29 is 4.79 Å². The van der Waals surface area contributed by atoms with Crippen LogP contribution in [-0.2, 0) is 4.79 Å². The summed E-state index contributed by atoms with van der Waals surface area (Å²) < 4.78 is 0. The highest BCUT2D eigenvalue weighted by Crippen LogP contribution is 2.41. The fraction of sp³-hybridized carbons (Fsp3) is 0.688. The van der Waals surface area contributed by atoms with Gasteiger partial charge < -0.3 is 16.4 Å². The molecule has 22 heavy (non-hydrogen) atoms. The first-order valence-electron chi connectivity index (χ1n) is 8.27.